The van der Waals surface area contributed by atoms with Crippen molar-refractivity contribution in [2.24, 2.45) is 0 Å². The smallest absolute Gasteiger partial charge is 0.316 e. The summed E-state index contributed by atoms with van der Waals surface area (Å²) in [7, 11) is 3.22. The molecule has 122 valence electrons. The van der Waals surface area contributed by atoms with Crippen molar-refractivity contribution in [3.63, 3.8) is 0 Å². The molecular weight excluding hydrogens is 298 g/mol. The van der Waals surface area contributed by atoms with Crippen molar-refractivity contribution in [1.29, 1.82) is 0 Å². The van der Waals surface area contributed by atoms with E-state index in [2.05, 4.69) is 20.8 Å². The number of urea groups is 1. The fourth-order valence-corrected chi connectivity index (χ4v) is 1.86. The minimum atomic E-state index is -0.424. The van der Waals surface area contributed by atoms with E-state index in [0.717, 1.165) is 5.56 Å². The van der Waals surface area contributed by atoms with E-state index in [-0.39, 0.29) is 11.9 Å². The van der Waals surface area contributed by atoms with Crippen LogP contribution in [0.2, 0.25) is 0 Å². The third-order valence-corrected chi connectivity index (χ3v) is 3.19. The molecule has 3 amide bonds. The number of rotatable bonds is 6. The summed E-state index contributed by atoms with van der Waals surface area (Å²) in [4.78, 5) is 28.8. The molecule has 0 saturated carbocycles. The van der Waals surface area contributed by atoms with E-state index in [1.54, 1.807) is 14.1 Å². The largest absolute Gasteiger partial charge is 0.344 e. The van der Waals surface area contributed by atoms with Crippen molar-refractivity contribution in [3.8, 4) is 0 Å². The highest BCUT2D eigenvalue weighted by atomic mass is 16.5. The average molecular weight is 317 g/mol. The summed E-state index contributed by atoms with van der Waals surface area (Å²) in [6.45, 7) is 0.807. The second-order valence-electron chi connectivity index (χ2n) is 4.91. The Bertz CT molecular complexity index is 656. The highest BCUT2D eigenvalue weighted by Gasteiger charge is 2.15. The van der Waals surface area contributed by atoms with Crippen LogP contribution in [0.25, 0.3) is 0 Å². The van der Waals surface area contributed by atoms with Crippen molar-refractivity contribution < 1.29 is 14.1 Å². The molecule has 8 nitrogen and oxygen atoms in total. The minimum Gasteiger partial charge on any atom is -0.344 e. The molecule has 0 aliphatic rings. The molecule has 0 aliphatic carbocycles. The van der Waals surface area contributed by atoms with Crippen molar-refractivity contribution in [2.45, 2.75) is 13.0 Å². The SMILES string of the molecule is CNC(=O)N(C)CCc1noc(C(=O)NCc2ccccc2)n1. The van der Waals surface area contributed by atoms with E-state index in [1.165, 1.54) is 4.90 Å². The number of likely N-dealkylation sites (N-methyl/N-ethyl adjacent to an activating group) is 1. The Kier molecular flexibility index (Phi) is 5.67. The van der Waals surface area contributed by atoms with Gasteiger partial charge in [0, 0.05) is 33.6 Å². The van der Waals surface area contributed by atoms with Crippen LogP contribution in [0, 0.1) is 0 Å². The number of carbonyl (C=O) groups is 2. The van der Waals surface area contributed by atoms with Crippen LogP contribution in [0.3, 0.4) is 0 Å². The van der Waals surface area contributed by atoms with Crippen LogP contribution >= 0.6 is 0 Å². The van der Waals surface area contributed by atoms with E-state index in [4.69, 9.17) is 4.52 Å². The van der Waals surface area contributed by atoms with Crippen LogP contribution in [0.5, 0.6) is 0 Å². The van der Waals surface area contributed by atoms with Gasteiger partial charge in [0.15, 0.2) is 5.82 Å². The standard InChI is InChI=1S/C15H19N5O3/c1-16-15(22)20(2)9-8-12-18-14(23-19-12)13(21)17-10-11-6-4-3-5-7-11/h3-7H,8-10H2,1-2H3,(H,16,22)(H,17,21). The first-order valence-corrected chi connectivity index (χ1v) is 7.17. The van der Waals surface area contributed by atoms with Crippen LogP contribution in [0.1, 0.15) is 22.1 Å². The third-order valence-electron chi connectivity index (χ3n) is 3.19. The van der Waals surface area contributed by atoms with Gasteiger partial charge in [-0.2, -0.15) is 4.98 Å². The summed E-state index contributed by atoms with van der Waals surface area (Å²) >= 11 is 0. The van der Waals surface area contributed by atoms with Gasteiger partial charge < -0.3 is 20.1 Å². The van der Waals surface area contributed by atoms with Crippen molar-refractivity contribution in [3.05, 3.63) is 47.6 Å². The van der Waals surface area contributed by atoms with E-state index < -0.39 is 5.91 Å². The summed E-state index contributed by atoms with van der Waals surface area (Å²) in [5.41, 5.74) is 0.979. The van der Waals surface area contributed by atoms with E-state index in [0.29, 0.717) is 25.3 Å². The molecule has 1 aromatic carbocycles. The molecule has 1 heterocycles. The van der Waals surface area contributed by atoms with Crippen LogP contribution in [-0.4, -0.2) is 47.6 Å². The number of hydrogen-bond donors (Lipinski definition) is 2. The maximum absolute atomic E-state index is 11.9. The van der Waals surface area contributed by atoms with Gasteiger partial charge in [-0.25, -0.2) is 4.79 Å². The molecule has 2 N–H and O–H groups in total. The lowest BCUT2D eigenvalue weighted by Gasteiger charge is -2.14. The van der Waals surface area contributed by atoms with E-state index >= 15 is 0 Å². The Morgan fingerprint density at radius 1 is 1.26 bits per heavy atom. The Morgan fingerprint density at radius 2 is 2.00 bits per heavy atom. The number of nitrogens with zero attached hydrogens (tertiary/aromatic N) is 3. The van der Waals surface area contributed by atoms with Gasteiger partial charge in [0.1, 0.15) is 0 Å². The van der Waals surface area contributed by atoms with Gasteiger partial charge in [-0.15, -0.1) is 0 Å². The zero-order valence-electron chi connectivity index (χ0n) is 13.1. The normalized spacial score (nSPS) is 10.2. The molecule has 0 unspecified atom stereocenters. The Hall–Kier alpha value is -2.90. The fourth-order valence-electron chi connectivity index (χ4n) is 1.86. The first-order chi connectivity index (χ1) is 11.1. The molecule has 8 heteroatoms. The van der Waals surface area contributed by atoms with Crippen molar-refractivity contribution in [1.82, 2.24) is 25.7 Å². The first kappa shape index (κ1) is 16.5. The molecule has 0 saturated heterocycles. The maximum atomic E-state index is 11.9. The highest BCUT2D eigenvalue weighted by Crippen LogP contribution is 2.02. The molecule has 1 aromatic heterocycles. The zero-order valence-corrected chi connectivity index (χ0v) is 13.1. The summed E-state index contributed by atoms with van der Waals surface area (Å²) in [5.74, 6) is -0.128. The monoisotopic (exact) mass is 317 g/mol. The third kappa shape index (κ3) is 4.80. The topological polar surface area (TPSA) is 100 Å². The van der Waals surface area contributed by atoms with Gasteiger partial charge in [-0.05, 0) is 5.56 Å². The number of hydrogen-bond acceptors (Lipinski definition) is 5. The maximum Gasteiger partial charge on any atom is 0.316 e. The summed E-state index contributed by atoms with van der Waals surface area (Å²) in [6, 6.07) is 9.33. The minimum absolute atomic E-state index is 0.0847. The van der Waals surface area contributed by atoms with E-state index in [9.17, 15) is 9.59 Å². The zero-order chi connectivity index (χ0) is 16.7. The van der Waals surface area contributed by atoms with Crippen LogP contribution < -0.4 is 10.6 Å². The Morgan fingerprint density at radius 3 is 2.70 bits per heavy atom. The fraction of sp³-hybridized carbons (Fsp3) is 0.333. The predicted octanol–water partition coefficient (Wildman–Crippen LogP) is 0.813. The first-order valence-electron chi connectivity index (χ1n) is 7.17. The lowest BCUT2D eigenvalue weighted by molar-refractivity contribution is 0.0907. The van der Waals surface area contributed by atoms with Crippen molar-refractivity contribution in [2.75, 3.05) is 20.6 Å². The second-order valence-corrected chi connectivity index (χ2v) is 4.91. The van der Waals surface area contributed by atoms with Gasteiger partial charge in [-0.1, -0.05) is 35.5 Å². The van der Waals surface area contributed by atoms with Crippen LogP contribution in [-0.2, 0) is 13.0 Å². The van der Waals surface area contributed by atoms with E-state index in [1.807, 2.05) is 30.3 Å². The summed E-state index contributed by atoms with van der Waals surface area (Å²) < 4.78 is 4.94. The second kappa shape index (κ2) is 7.92. The Balaban J connectivity index is 1.83. The molecular formula is C15H19N5O3. The summed E-state index contributed by atoms with van der Waals surface area (Å²) in [5, 5.41) is 8.97. The van der Waals surface area contributed by atoms with Gasteiger partial charge in [0.05, 0.1) is 0 Å². The van der Waals surface area contributed by atoms with Gasteiger partial charge in [-0.3, -0.25) is 4.79 Å². The molecule has 2 rings (SSSR count). The molecule has 2 aromatic rings. The molecule has 0 fully saturated rings. The lowest BCUT2D eigenvalue weighted by atomic mass is 10.2. The van der Waals surface area contributed by atoms with Crippen molar-refractivity contribution >= 4 is 11.9 Å². The summed E-state index contributed by atoms with van der Waals surface area (Å²) in [6.07, 6.45) is 0.402. The molecule has 0 bridgehead atoms. The van der Waals surface area contributed by atoms with Gasteiger partial charge in [0.25, 0.3) is 0 Å². The number of amides is 3. The molecule has 0 aliphatic heterocycles. The highest BCUT2D eigenvalue weighted by molar-refractivity contribution is 5.89. The predicted molar refractivity (Wildman–Crippen MR) is 82.7 cm³/mol. The Labute approximate surface area is 133 Å². The quantitative estimate of drug-likeness (QED) is 0.821. The number of benzene rings is 1. The number of carbonyl (C=O) groups excluding carboxylic acids is 2. The molecule has 23 heavy (non-hydrogen) atoms. The van der Waals surface area contributed by atoms with Gasteiger partial charge in [0.2, 0.25) is 0 Å². The molecule has 0 radical (unpaired) electrons. The number of nitrogens with one attached hydrogen (secondary N) is 2. The lowest BCUT2D eigenvalue weighted by Crippen LogP contribution is -2.36. The van der Waals surface area contributed by atoms with Crippen LogP contribution in [0.4, 0.5) is 4.79 Å². The number of aromatic nitrogens is 2. The molecule has 0 spiro atoms. The molecule has 0 atom stereocenters. The van der Waals surface area contributed by atoms with Gasteiger partial charge >= 0.3 is 17.8 Å². The van der Waals surface area contributed by atoms with Crippen LogP contribution in [0.15, 0.2) is 34.9 Å². The average Bonchev–Trinajstić information content (AvgIpc) is 3.06.